The minimum Gasteiger partial charge on any atom is -0.303 e. The standard InChI is InChI=1S/C11H9F3O2/c12-11(13,14)9-5-2-1-4-8(9)10(16)6-3-7-15/h1-2,4-5,7H,3,6H2. The Labute approximate surface area is 90.1 Å². The number of carbonyl (C=O) groups is 2. The Morgan fingerprint density at radius 3 is 2.44 bits per heavy atom. The van der Waals surface area contributed by atoms with Crippen LogP contribution in [0.1, 0.15) is 28.8 Å². The third-order valence-corrected chi connectivity index (χ3v) is 2.02. The Hall–Kier alpha value is -1.65. The maximum atomic E-state index is 12.5. The highest BCUT2D eigenvalue weighted by molar-refractivity contribution is 5.98. The zero-order chi connectivity index (χ0) is 12.2. The summed E-state index contributed by atoms with van der Waals surface area (Å²) in [5.74, 6) is -0.667. The van der Waals surface area contributed by atoms with Crippen LogP contribution in [0, 0.1) is 0 Å². The van der Waals surface area contributed by atoms with Crippen LogP contribution in [0.25, 0.3) is 0 Å². The molecule has 0 unspecified atom stereocenters. The zero-order valence-corrected chi connectivity index (χ0v) is 8.25. The first kappa shape index (κ1) is 12.4. The monoisotopic (exact) mass is 230 g/mol. The predicted molar refractivity (Wildman–Crippen MR) is 51.1 cm³/mol. The number of hydrogen-bond acceptors (Lipinski definition) is 2. The lowest BCUT2D eigenvalue weighted by molar-refractivity contribution is -0.137. The molecule has 0 aliphatic rings. The molecule has 0 saturated heterocycles. The Kier molecular flexibility index (Phi) is 3.82. The second-order valence-corrected chi connectivity index (χ2v) is 3.17. The van der Waals surface area contributed by atoms with Gasteiger partial charge in [0.25, 0.3) is 0 Å². The maximum Gasteiger partial charge on any atom is 0.417 e. The highest BCUT2D eigenvalue weighted by atomic mass is 19.4. The van der Waals surface area contributed by atoms with Crippen molar-refractivity contribution in [3.05, 3.63) is 35.4 Å². The van der Waals surface area contributed by atoms with Gasteiger partial charge in [-0.25, -0.2) is 0 Å². The molecule has 0 bridgehead atoms. The summed E-state index contributed by atoms with van der Waals surface area (Å²) in [7, 11) is 0. The lowest BCUT2D eigenvalue weighted by atomic mass is 10.0. The highest BCUT2D eigenvalue weighted by Gasteiger charge is 2.34. The number of alkyl halides is 3. The Morgan fingerprint density at radius 2 is 1.88 bits per heavy atom. The van der Waals surface area contributed by atoms with E-state index in [1.807, 2.05) is 0 Å². The molecule has 5 heteroatoms. The van der Waals surface area contributed by atoms with Crippen molar-refractivity contribution in [3.63, 3.8) is 0 Å². The normalized spacial score (nSPS) is 11.2. The number of ketones is 1. The van der Waals surface area contributed by atoms with Crippen molar-refractivity contribution in [2.75, 3.05) is 0 Å². The molecule has 0 radical (unpaired) electrons. The molecule has 86 valence electrons. The van der Waals surface area contributed by atoms with E-state index in [1.54, 1.807) is 0 Å². The molecule has 0 N–H and O–H groups in total. The van der Waals surface area contributed by atoms with Crippen molar-refractivity contribution in [2.24, 2.45) is 0 Å². The summed E-state index contributed by atoms with van der Waals surface area (Å²) in [4.78, 5) is 21.5. The van der Waals surface area contributed by atoms with E-state index in [9.17, 15) is 22.8 Å². The number of Topliss-reactive ketones (excluding diaryl/α,β-unsaturated/α-hetero) is 1. The Morgan fingerprint density at radius 1 is 1.25 bits per heavy atom. The molecule has 0 atom stereocenters. The number of aldehydes is 1. The van der Waals surface area contributed by atoms with Crippen LogP contribution in [0.5, 0.6) is 0 Å². The summed E-state index contributed by atoms with van der Waals surface area (Å²) < 4.78 is 37.5. The molecule has 16 heavy (non-hydrogen) atoms. The van der Waals surface area contributed by atoms with Crippen molar-refractivity contribution in [1.29, 1.82) is 0 Å². The van der Waals surface area contributed by atoms with E-state index < -0.39 is 17.5 Å². The van der Waals surface area contributed by atoms with E-state index in [0.29, 0.717) is 6.29 Å². The van der Waals surface area contributed by atoms with Gasteiger partial charge in [0.15, 0.2) is 5.78 Å². The van der Waals surface area contributed by atoms with Gasteiger partial charge >= 0.3 is 6.18 Å². The minimum absolute atomic E-state index is 0.0645. The maximum absolute atomic E-state index is 12.5. The van der Waals surface area contributed by atoms with E-state index in [1.165, 1.54) is 12.1 Å². The van der Waals surface area contributed by atoms with Gasteiger partial charge in [0.1, 0.15) is 6.29 Å². The van der Waals surface area contributed by atoms with Gasteiger partial charge in [-0.15, -0.1) is 0 Å². The van der Waals surface area contributed by atoms with Gasteiger partial charge in [-0.1, -0.05) is 18.2 Å². The SMILES string of the molecule is O=CCCC(=O)c1ccccc1C(F)(F)F. The van der Waals surface area contributed by atoms with Crippen LogP contribution >= 0.6 is 0 Å². The van der Waals surface area contributed by atoms with Gasteiger partial charge in [-0.3, -0.25) is 4.79 Å². The minimum atomic E-state index is -4.55. The third-order valence-electron chi connectivity index (χ3n) is 2.02. The van der Waals surface area contributed by atoms with E-state index in [4.69, 9.17) is 0 Å². The van der Waals surface area contributed by atoms with Crippen LogP contribution < -0.4 is 0 Å². The number of halogens is 3. The van der Waals surface area contributed by atoms with E-state index in [-0.39, 0.29) is 18.4 Å². The smallest absolute Gasteiger partial charge is 0.303 e. The lowest BCUT2D eigenvalue weighted by Crippen LogP contribution is -2.12. The molecule has 0 aromatic heterocycles. The molecule has 1 aromatic rings. The van der Waals surface area contributed by atoms with Gasteiger partial charge in [-0.05, 0) is 6.07 Å². The molecule has 0 amide bonds. The lowest BCUT2D eigenvalue weighted by Gasteiger charge is -2.10. The largest absolute Gasteiger partial charge is 0.417 e. The van der Waals surface area contributed by atoms with Crippen LogP contribution in [-0.2, 0) is 11.0 Å². The summed E-state index contributed by atoms with van der Waals surface area (Å²) in [5.41, 5.74) is -1.33. The van der Waals surface area contributed by atoms with Gasteiger partial charge in [0, 0.05) is 18.4 Å². The van der Waals surface area contributed by atoms with Crippen molar-refractivity contribution < 1.29 is 22.8 Å². The first-order valence-corrected chi connectivity index (χ1v) is 4.60. The molecule has 1 aromatic carbocycles. The number of benzene rings is 1. The Balaban J connectivity index is 3.04. The topological polar surface area (TPSA) is 34.1 Å². The fourth-order valence-electron chi connectivity index (χ4n) is 1.30. The average molecular weight is 230 g/mol. The molecule has 0 heterocycles. The Bertz CT molecular complexity index is 396. The van der Waals surface area contributed by atoms with E-state index in [2.05, 4.69) is 0 Å². The molecular weight excluding hydrogens is 221 g/mol. The van der Waals surface area contributed by atoms with Gasteiger partial charge < -0.3 is 4.79 Å². The number of carbonyl (C=O) groups excluding carboxylic acids is 2. The second kappa shape index (κ2) is 4.92. The van der Waals surface area contributed by atoms with Crippen LogP contribution in [0.15, 0.2) is 24.3 Å². The fourth-order valence-corrected chi connectivity index (χ4v) is 1.30. The summed E-state index contributed by atoms with van der Waals surface area (Å²) >= 11 is 0. The summed E-state index contributed by atoms with van der Waals surface area (Å²) in [6, 6.07) is 4.56. The molecule has 1 rings (SSSR count). The molecule has 0 fully saturated rings. The van der Waals surface area contributed by atoms with Gasteiger partial charge in [-0.2, -0.15) is 13.2 Å². The van der Waals surface area contributed by atoms with Crippen molar-refractivity contribution >= 4 is 12.1 Å². The summed E-state index contributed by atoms with van der Waals surface area (Å²) in [5, 5.41) is 0. The molecular formula is C11H9F3O2. The molecule has 0 saturated carbocycles. The fraction of sp³-hybridized carbons (Fsp3) is 0.273. The average Bonchev–Trinajstić information content (AvgIpc) is 2.24. The summed E-state index contributed by atoms with van der Waals surface area (Å²) in [6.45, 7) is 0. The van der Waals surface area contributed by atoms with Crippen LogP contribution in [0.3, 0.4) is 0 Å². The van der Waals surface area contributed by atoms with Gasteiger partial charge in [0.05, 0.1) is 5.56 Å². The van der Waals surface area contributed by atoms with E-state index in [0.717, 1.165) is 12.1 Å². The van der Waals surface area contributed by atoms with E-state index >= 15 is 0 Å². The van der Waals surface area contributed by atoms with Gasteiger partial charge in [0.2, 0.25) is 0 Å². The quantitative estimate of drug-likeness (QED) is 0.588. The molecule has 0 spiro atoms. The van der Waals surface area contributed by atoms with Crippen LogP contribution in [0.2, 0.25) is 0 Å². The van der Waals surface area contributed by atoms with Crippen LogP contribution in [0.4, 0.5) is 13.2 Å². The molecule has 0 aliphatic carbocycles. The number of rotatable bonds is 4. The second-order valence-electron chi connectivity index (χ2n) is 3.17. The van der Waals surface area contributed by atoms with Crippen molar-refractivity contribution in [2.45, 2.75) is 19.0 Å². The van der Waals surface area contributed by atoms with Crippen molar-refractivity contribution in [3.8, 4) is 0 Å². The molecule has 0 aliphatic heterocycles. The van der Waals surface area contributed by atoms with Crippen LogP contribution in [-0.4, -0.2) is 12.1 Å². The first-order valence-electron chi connectivity index (χ1n) is 4.60. The highest BCUT2D eigenvalue weighted by Crippen LogP contribution is 2.32. The van der Waals surface area contributed by atoms with Crippen molar-refractivity contribution in [1.82, 2.24) is 0 Å². The zero-order valence-electron chi connectivity index (χ0n) is 8.25. The first-order chi connectivity index (χ1) is 7.46. The third kappa shape index (κ3) is 2.92. The number of hydrogen-bond donors (Lipinski definition) is 0. The predicted octanol–water partition coefficient (Wildman–Crippen LogP) is 2.87. The summed E-state index contributed by atoms with van der Waals surface area (Å²) in [6.07, 6.45) is -4.30. The molecule has 2 nitrogen and oxygen atoms in total.